The zero-order chi connectivity index (χ0) is 22.4. The van der Waals surface area contributed by atoms with Crippen molar-refractivity contribution in [2.45, 2.75) is 13.8 Å². The number of ether oxygens (including phenoxy) is 1. The number of H-pyrrole nitrogens is 1. The van der Waals surface area contributed by atoms with E-state index in [1.165, 1.54) is 4.52 Å². The molecular weight excluding hydrogens is 410 g/mol. The molecule has 3 N–H and O–H groups in total. The maximum atomic E-state index is 13.4. The van der Waals surface area contributed by atoms with Gasteiger partial charge in [0.15, 0.2) is 23.4 Å². The third kappa shape index (κ3) is 3.11. The highest BCUT2D eigenvalue weighted by molar-refractivity contribution is 5.84. The Hall–Kier alpha value is -4.40. The van der Waals surface area contributed by atoms with E-state index in [1.807, 2.05) is 37.3 Å². The second-order valence-corrected chi connectivity index (χ2v) is 7.39. The first-order valence-corrected chi connectivity index (χ1v) is 9.92. The number of carbonyl (C=O) groups excluding carboxylic acids is 1. The first-order chi connectivity index (χ1) is 15.4. The monoisotopic (exact) mass is 429 g/mol. The molecule has 5 aromatic rings. The Kier molecular flexibility index (Phi) is 4.51. The average molecular weight is 429 g/mol. The Bertz CT molecular complexity index is 1550. The van der Waals surface area contributed by atoms with E-state index in [-0.39, 0.29) is 23.6 Å². The van der Waals surface area contributed by atoms with Crippen molar-refractivity contribution in [3.8, 4) is 28.3 Å². The lowest BCUT2D eigenvalue weighted by Gasteiger charge is -2.04. The largest absolute Gasteiger partial charge is 0.481 e. The van der Waals surface area contributed by atoms with Gasteiger partial charge in [-0.25, -0.2) is 14.5 Å². The van der Waals surface area contributed by atoms with Crippen molar-refractivity contribution < 1.29 is 13.9 Å². The SMILES string of the molecule is Cc1nc2c(-c3ccccc3)c(C)[nH]n2c(=O)c1-c1nc2c(OCC(N)=O)cccc2o1. The fraction of sp³-hybridized carbons (Fsp3) is 0.130. The smallest absolute Gasteiger partial charge is 0.285 e. The highest BCUT2D eigenvalue weighted by Gasteiger charge is 2.22. The molecule has 0 radical (unpaired) electrons. The van der Waals surface area contributed by atoms with Gasteiger partial charge in [-0.15, -0.1) is 0 Å². The van der Waals surface area contributed by atoms with Gasteiger partial charge in [-0.1, -0.05) is 36.4 Å². The molecule has 3 aromatic heterocycles. The van der Waals surface area contributed by atoms with Crippen LogP contribution in [0.1, 0.15) is 11.4 Å². The van der Waals surface area contributed by atoms with Crippen LogP contribution in [-0.2, 0) is 4.79 Å². The Morgan fingerprint density at radius 2 is 1.88 bits per heavy atom. The molecule has 0 bridgehead atoms. The zero-order valence-corrected chi connectivity index (χ0v) is 17.4. The van der Waals surface area contributed by atoms with Crippen molar-refractivity contribution in [2.24, 2.45) is 5.73 Å². The standard InChI is InChI=1S/C23H19N5O4/c1-12-19(22-26-20-15(31-11-17(24)29)9-6-10-16(20)32-22)23(30)28-21(25-12)18(13(2)27-28)14-7-4-3-5-8-14/h3-10,27H,11H2,1-2H3,(H2,24,29). The number of nitrogens with two attached hydrogens (primary N) is 1. The fourth-order valence-corrected chi connectivity index (χ4v) is 3.78. The minimum absolute atomic E-state index is 0.119. The minimum atomic E-state index is -0.606. The Labute approximate surface area is 181 Å². The molecule has 0 aliphatic rings. The van der Waals surface area contributed by atoms with E-state index in [4.69, 9.17) is 19.9 Å². The lowest BCUT2D eigenvalue weighted by atomic mass is 10.1. The van der Waals surface area contributed by atoms with Crippen molar-refractivity contribution in [2.75, 3.05) is 6.61 Å². The molecule has 32 heavy (non-hydrogen) atoms. The van der Waals surface area contributed by atoms with E-state index >= 15 is 0 Å². The zero-order valence-electron chi connectivity index (χ0n) is 17.4. The number of hydrogen-bond acceptors (Lipinski definition) is 6. The number of hydrogen-bond donors (Lipinski definition) is 2. The molecular formula is C23H19N5O4. The first kappa shape index (κ1) is 19.6. The molecule has 1 amide bonds. The topological polar surface area (TPSA) is 129 Å². The van der Waals surface area contributed by atoms with Gasteiger partial charge >= 0.3 is 0 Å². The number of fused-ring (bicyclic) bond motifs is 2. The van der Waals surface area contributed by atoms with E-state index in [2.05, 4.69) is 10.1 Å². The van der Waals surface area contributed by atoms with Crippen LogP contribution in [0.3, 0.4) is 0 Å². The van der Waals surface area contributed by atoms with Gasteiger partial charge < -0.3 is 14.9 Å². The molecule has 0 atom stereocenters. The summed E-state index contributed by atoms with van der Waals surface area (Å²) in [5, 5.41) is 3.11. The molecule has 2 aromatic carbocycles. The van der Waals surface area contributed by atoms with Crippen molar-refractivity contribution in [3.05, 3.63) is 70.3 Å². The van der Waals surface area contributed by atoms with Crippen molar-refractivity contribution >= 4 is 22.7 Å². The Morgan fingerprint density at radius 1 is 1.09 bits per heavy atom. The van der Waals surface area contributed by atoms with Crippen molar-refractivity contribution in [1.82, 2.24) is 19.6 Å². The number of benzene rings is 2. The summed E-state index contributed by atoms with van der Waals surface area (Å²) >= 11 is 0. The summed E-state index contributed by atoms with van der Waals surface area (Å²) in [6, 6.07) is 14.8. The normalized spacial score (nSPS) is 11.3. The van der Waals surface area contributed by atoms with Crippen LogP contribution in [0, 0.1) is 13.8 Å². The summed E-state index contributed by atoms with van der Waals surface area (Å²) in [4.78, 5) is 33.7. The van der Waals surface area contributed by atoms with Crippen molar-refractivity contribution in [1.29, 1.82) is 0 Å². The number of aromatic amines is 1. The molecule has 0 saturated carbocycles. The van der Waals surface area contributed by atoms with Crippen LogP contribution in [0.2, 0.25) is 0 Å². The van der Waals surface area contributed by atoms with E-state index < -0.39 is 5.91 Å². The third-order valence-corrected chi connectivity index (χ3v) is 5.17. The third-order valence-electron chi connectivity index (χ3n) is 5.17. The summed E-state index contributed by atoms with van der Waals surface area (Å²) in [7, 11) is 0. The van der Waals surface area contributed by atoms with Gasteiger partial charge in [-0.2, -0.15) is 0 Å². The van der Waals surface area contributed by atoms with Crippen LogP contribution in [0.15, 0.2) is 57.7 Å². The van der Waals surface area contributed by atoms with Crippen LogP contribution in [-0.4, -0.2) is 32.1 Å². The number of nitrogens with one attached hydrogen (secondary N) is 1. The van der Waals surface area contributed by atoms with Gasteiger partial charge in [0.25, 0.3) is 11.5 Å². The summed E-state index contributed by atoms with van der Waals surface area (Å²) in [5.74, 6) is -0.149. The highest BCUT2D eigenvalue weighted by atomic mass is 16.5. The van der Waals surface area contributed by atoms with Crippen LogP contribution in [0.25, 0.3) is 39.3 Å². The maximum Gasteiger partial charge on any atom is 0.285 e. The number of primary amides is 1. The Balaban J connectivity index is 1.69. The number of para-hydroxylation sites is 1. The average Bonchev–Trinajstić information content (AvgIpc) is 3.34. The lowest BCUT2D eigenvalue weighted by molar-refractivity contribution is -0.119. The first-order valence-electron chi connectivity index (χ1n) is 9.92. The van der Waals surface area contributed by atoms with E-state index in [0.29, 0.717) is 28.2 Å². The molecule has 3 heterocycles. The van der Waals surface area contributed by atoms with E-state index in [0.717, 1.165) is 16.8 Å². The summed E-state index contributed by atoms with van der Waals surface area (Å²) in [6.07, 6.45) is 0. The second-order valence-electron chi connectivity index (χ2n) is 7.39. The molecule has 0 saturated heterocycles. The number of nitrogens with zero attached hydrogens (tertiary/aromatic N) is 3. The molecule has 0 aliphatic carbocycles. The quantitative estimate of drug-likeness (QED) is 0.442. The van der Waals surface area contributed by atoms with E-state index in [1.54, 1.807) is 25.1 Å². The predicted molar refractivity (Wildman–Crippen MR) is 118 cm³/mol. The number of oxazole rings is 1. The lowest BCUT2D eigenvalue weighted by Crippen LogP contribution is -2.20. The van der Waals surface area contributed by atoms with Gasteiger partial charge in [0, 0.05) is 11.3 Å². The van der Waals surface area contributed by atoms with Gasteiger partial charge in [-0.05, 0) is 31.5 Å². The Morgan fingerprint density at radius 3 is 2.62 bits per heavy atom. The van der Waals surface area contributed by atoms with Crippen LogP contribution in [0.5, 0.6) is 5.75 Å². The van der Waals surface area contributed by atoms with Crippen LogP contribution in [0.4, 0.5) is 0 Å². The van der Waals surface area contributed by atoms with Crippen LogP contribution < -0.4 is 16.0 Å². The minimum Gasteiger partial charge on any atom is -0.481 e. The van der Waals surface area contributed by atoms with Gasteiger partial charge in [0.1, 0.15) is 11.3 Å². The van der Waals surface area contributed by atoms with Crippen LogP contribution >= 0.6 is 0 Å². The number of carbonyl (C=O) groups is 1. The van der Waals surface area contributed by atoms with Crippen molar-refractivity contribution in [3.63, 3.8) is 0 Å². The number of amides is 1. The number of aromatic nitrogens is 4. The molecule has 0 fully saturated rings. The highest BCUT2D eigenvalue weighted by Crippen LogP contribution is 2.31. The van der Waals surface area contributed by atoms with Gasteiger partial charge in [-0.3, -0.25) is 14.7 Å². The molecule has 9 nitrogen and oxygen atoms in total. The van der Waals surface area contributed by atoms with E-state index in [9.17, 15) is 9.59 Å². The summed E-state index contributed by atoms with van der Waals surface area (Å²) in [6.45, 7) is 3.35. The van der Waals surface area contributed by atoms with Gasteiger partial charge in [0.05, 0.1) is 5.69 Å². The molecule has 0 unspecified atom stereocenters. The fourth-order valence-electron chi connectivity index (χ4n) is 3.78. The molecule has 9 heteroatoms. The van der Waals surface area contributed by atoms with Gasteiger partial charge in [0.2, 0.25) is 5.89 Å². The molecule has 5 rings (SSSR count). The molecule has 160 valence electrons. The second kappa shape index (κ2) is 7.38. The molecule has 0 aliphatic heterocycles. The predicted octanol–water partition coefficient (Wildman–Crippen LogP) is 2.98. The number of rotatable bonds is 5. The maximum absolute atomic E-state index is 13.4. The number of aryl methyl sites for hydroxylation is 2. The summed E-state index contributed by atoms with van der Waals surface area (Å²) < 4.78 is 12.7. The summed E-state index contributed by atoms with van der Waals surface area (Å²) in [5.41, 5.74) is 9.52. The molecule has 0 spiro atoms.